The van der Waals surface area contributed by atoms with E-state index >= 15 is 0 Å². The van der Waals surface area contributed by atoms with E-state index < -0.39 is 12.1 Å². The van der Waals surface area contributed by atoms with Crippen LogP contribution in [0.5, 0.6) is 5.75 Å². The fourth-order valence-electron chi connectivity index (χ4n) is 2.58. The number of anilines is 1. The first-order chi connectivity index (χ1) is 12.7. The molecular weight excluding hydrogens is 366 g/mol. The van der Waals surface area contributed by atoms with Crippen LogP contribution in [0.4, 0.5) is 5.69 Å². The highest BCUT2D eigenvalue weighted by Crippen LogP contribution is 2.28. The summed E-state index contributed by atoms with van der Waals surface area (Å²) in [5.74, 6) is 0.0693. The van der Waals surface area contributed by atoms with E-state index in [1.54, 1.807) is 13.0 Å². The van der Waals surface area contributed by atoms with Gasteiger partial charge in [0, 0.05) is 5.69 Å². The minimum Gasteiger partial charge on any atom is -0.481 e. The summed E-state index contributed by atoms with van der Waals surface area (Å²) in [7, 11) is 1.27. The number of nitrogens with one attached hydrogen (secondary N) is 1. The average Bonchev–Trinajstić information content (AvgIpc) is 2.62. The molecule has 144 valence electrons. The standard InChI is InChI=1S/C21H24ClNO4/c1-12(2)16-8-6-13(3)10-19(16)27-14(4)20(24)23-15-7-9-18(22)17(11-15)21(25)26-5/h6-12,14H,1-5H3,(H,23,24). The van der Waals surface area contributed by atoms with Gasteiger partial charge in [0.25, 0.3) is 5.91 Å². The van der Waals surface area contributed by atoms with Gasteiger partial charge in [-0.3, -0.25) is 4.79 Å². The predicted molar refractivity (Wildman–Crippen MR) is 107 cm³/mol. The molecule has 2 rings (SSSR count). The Morgan fingerprint density at radius 3 is 2.41 bits per heavy atom. The van der Waals surface area contributed by atoms with Crippen molar-refractivity contribution in [2.75, 3.05) is 12.4 Å². The second-order valence-corrected chi connectivity index (χ2v) is 7.04. The topological polar surface area (TPSA) is 64.6 Å². The van der Waals surface area contributed by atoms with E-state index in [-0.39, 0.29) is 22.4 Å². The van der Waals surface area contributed by atoms with Crippen molar-refractivity contribution < 1.29 is 19.1 Å². The lowest BCUT2D eigenvalue weighted by atomic mass is 10.0. The molecule has 2 aromatic rings. The number of amides is 1. The van der Waals surface area contributed by atoms with Crippen LogP contribution in [0.25, 0.3) is 0 Å². The number of hydrogen-bond donors (Lipinski definition) is 1. The number of esters is 1. The molecule has 0 saturated carbocycles. The lowest BCUT2D eigenvalue weighted by Gasteiger charge is -2.19. The summed E-state index contributed by atoms with van der Waals surface area (Å²) in [6.45, 7) is 7.80. The van der Waals surface area contributed by atoms with Crippen molar-refractivity contribution in [2.24, 2.45) is 0 Å². The fourth-order valence-corrected chi connectivity index (χ4v) is 2.77. The van der Waals surface area contributed by atoms with E-state index in [0.29, 0.717) is 11.4 Å². The molecule has 0 aromatic heterocycles. The number of rotatable bonds is 6. The van der Waals surface area contributed by atoms with Gasteiger partial charge in [-0.15, -0.1) is 0 Å². The molecular formula is C21H24ClNO4. The van der Waals surface area contributed by atoms with Gasteiger partial charge >= 0.3 is 5.97 Å². The van der Waals surface area contributed by atoms with Crippen LogP contribution >= 0.6 is 11.6 Å². The first kappa shape index (κ1) is 20.8. The summed E-state index contributed by atoms with van der Waals surface area (Å²) >= 11 is 6.00. The minimum absolute atomic E-state index is 0.186. The van der Waals surface area contributed by atoms with Gasteiger partial charge in [0.2, 0.25) is 0 Å². The first-order valence-corrected chi connectivity index (χ1v) is 9.06. The molecule has 1 amide bonds. The summed E-state index contributed by atoms with van der Waals surface area (Å²) in [5.41, 5.74) is 2.72. The first-order valence-electron chi connectivity index (χ1n) is 8.68. The van der Waals surface area contributed by atoms with Gasteiger partial charge in [0.05, 0.1) is 17.7 Å². The van der Waals surface area contributed by atoms with Crippen molar-refractivity contribution in [2.45, 2.75) is 39.7 Å². The van der Waals surface area contributed by atoms with Crippen LogP contribution in [0.1, 0.15) is 48.2 Å². The van der Waals surface area contributed by atoms with Crippen LogP contribution < -0.4 is 10.1 Å². The summed E-state index contributed by atoms with van der Waals surface area (Å²) in [6.07, 6.45) is -0.721. The Kier molecular flexibility index (Phi) is 6.86. The molecule has 0 heterocycles. The van der Waals surface area contributed by atoms with Crippen molar-refractivity contribution >= 4 is 29.2 Å². The molecule has 27 heavy (non-hydrogen) atoms. The number of halogens is 1. The maximum absolute atomic E-state index is 12.5. The van der Waals surface area contributed by atoms with Crippen LogP contribution in [0, 0.1) is 6.92 Å². The van der Waals surface area contributed by atoms with Gasteiger partial charge in [-0.25, -0.2) is 4.79 Å². The number of hydrogen-bond acceptors (Lipinski definition) is 4. The Balaban J connectivity index is 2.15. The molecule has 1 atom stereocenters. The third-order valence-corrected chi connectivity index (χ3v) is 4.43. The molecule has 5 nitrogen and oxygen atoms in total. The Morgan fingerprint density at radius 1 is 1.07 bits per heavy atom. The van der Waals surface area contributed by atoms with Crippen LogP contribution in [-0.2, 0) is 9.53 Å². The molecule has 0 aliphatic heterocycles. The summed E-state index contributed by atoms with van der Waals surface area (Å²) in [4.78, 5) is 24.3. The molecule has 0 bridgehead atoms. The smallest absolute Gasteiger partial charge is 0.339 e. The van der Waals surface area contributed by atoms with Crippen LogP contribution in [0.3, 0.4) is 0 Å². The largest absolute Gasteiger partial charge is 0.481 e. The average molecular weight is 390 g/mol. The van der Waals surface area contributed by atoms with Crippen molar-refractivity contribution in [3.05, 3.63) is 58.1 Å². The normalized spacial score (nSPS) is 11.8. The van der Waals surface area contributed by atoms with Gasteiger partial charge in [0.1, 0.15) is 5.75 Å². The molecule has 6 heteroatoms. The number of benzene rings is 2. The zero-order chi connectivity index (χ0) is 20.1. The van der Waals surface area contributed by atoms with E-state index in [0.717, 1.165) is 11.1 Å². The number of carbonyl (C=O) groups is 2. The Morgan fingerprint density at radius 2 is 1.78 bits per heavy atom. The predicted octanol–water partition coefficient (Wildman–Crippen LogP) is 4.96. The van der Waals surface area contributed by atoms with Gasteiger partial charge in [-0.05, 0) is 55.2 Å². The van der Waals surface area contributed by atoms with Gasteiger partial charge < -0.3 is 14.8 Å². The SMILES string of the molecule is COC(=O)c1cc(NC(=O)C(C)Oc2cc(C)ccc2C(C)C)ccc1Cl. The summed E-state index contributed by atoms with van der Waals surface area (Å²) in [5, 5.41) is 3.00. The van der Waals surface area contributed by atoms with Crippen molar-refractivity contribution in [3.8, 4) is 5.75 Å². The number of methoxy groups -OCH3 is 1. The zero-order valence-electron chi connectivity index (χ0n) is 16.1. The second kappa shape index (κ2) is 8.91. The van der Waals surface area contributed by atoms with Gasteiger partial charge in [-0.1, -0.05) is 37.6 Å². The lowest BCUT2D eigenvalue weighted by Crippen LogP contribution is -2.30. The molecule has 0 saturated heterocycles. The van der Waals surface area contributed by atoms with Crippen molar-refractivity contribution in [1.82, 2.24) is 0 Å². The molecule has 0 spiro atoms. The molecule has 1 N–H and O–H groups in total. The van der Waals surface area contributed by atoms with Crippen LogP contribution in [0.15, 0.2) is 36.4 Å². The molecule has 0 aliphatic carbocycles. The Bertz CT molecular complexity index is 848. The highest BCUT2D eigenvalue weighted by molar-refractivity contribution is 6.33. The van der Waals surface area contributed by atoms with E-state index in [1.165, 1.54) is 19.2 Å². The molecule has 0 aliphatic rings. The third kappa shape index (κ3) is 5.23. The number of aryl methyl sites for hydroxylation is 1. The highest BCUT2D eigenvalue weighted by atomic mass is 35.5. The van der Waals surface area contributed by atoms with E-state index in [2.05, 4.69) is 23.9 Å². The quantitative estimate of drug-likeness (QED) is 0.709. The van der Waals surface area contributed by atoms with Crippen LogP contribution in [0.2, 0.25) is 5.02 Å². The highest BCUT2D eigenvalue weighted by Gasteiger charge is 2.19. The van der Waals surface area contributed by atoms with E-state index in [4.69, 9.17) is 16.3 Å². The molecule has 0 fully saturated rings. The lowest BCUT2D eigenvalue weighted by molar-refractivity contribution is -0.122. The van der Waals surface area contributed by atoms with Gasteiger partial charge in [0.15, 0.2) is 6.10 Å². The second-order valence-electron chi connectivity index (χ2n) is 6.63. The molecule has 1 unspecified atom stereocenters. The number of ether oxygens (including phenoxy) is 2. The molecule has 2 aromatic carbocycles. The monoisotopic (exact) mass is 389 g/mol. The Labute approximate surface area is 164 Å². The van der Waals surface area contributed by atoms with Crippen molar-refractivity contribution in [3.63, 3.8) is 0 Å². The third-order valence-electron chi connectivity index (χ3n) is 4.10. The summed E-state index contributed by atoms with van der Waals surface area (Å²) < 4.78 is 10.6. The maximum Gasteiger partial charge on any atom is 0.339 e. The van der Waals surface area contributed by atoms with Crippen molar-refractivity contribution in [1.29, 1.82) is 0 Å². The minimum atomic E-state index is -0.721. The maximum atomic E-state index is 12.5. The zero-order valence-corrected chi connectivity index (χ0v) is 16.9. The molecule has 0 radical (unpaired) electrons. The van der Waals surface area contributed by atoms with Gasteiger partial charge in [-0.2, -0.15) is 0 Å². The van der Waals surface area contributed by atoms with Crippen LogP contribution in [-0.4, -0.2) is 25.1 Å². The fraction of sp³-hybridized carbons (Fsp3) is 0.333. The Hall–Kier alpha value is -2.53. The summed E-state index contributed by atoms with van der Waals surface area (Å²) in [6, 6.07) is 10.6. The van der Waals surface area contributed by atoms with E-state index in [9.17, 15) is 9.59 Å². The van der Waals surface area contributed by atoms with E-state index in [1.807, 2.05) is 25.1 Å². The number of carbonyl (C=O) groups excluding carboxylic acids is 2.